The Labute approximate surface area is 93.9 Å². The van der Waals surface area contributed by atoms with Gasteiger partial charge in [0.15, 0.2) is 0 Å². The van der Waals surface area contributed by atoms with Gasteiger partial charge in [0.1, 0.15) is 0 Å². The lowest BCUT2D eigenvalue weighted by Gasteiger charge is -2.06. The summed E-state index contributed by atoms with van der Waals surface area (Å²) in [7, 11) is -3.01. The van der Waals surface area contributed by atoms with E-state index in [4.69, 9.17) is 0 Å². The first-order valence-corrected chi connectivity index (χ1v) is 7.46. The van der Waals surface area contributed by atoms with Gasteiger partial charge in [0, 0.05) is 6.54 Å². The number of hydrogen-bond donors (Lipinski definition) is 2. The van der Waals surface area contributed by atoms with E-state index < -0.39 is 10.0 Å². The molecule has 0 heterocycles. The van der Waals surface area contributed by atoms with Gasteiger partial charge >= 0.3 is 0 Å². The molecule has 0 bridgehead atoms. The van der Waals surface area contributed by atoms with Gasteiger partial charge in [0.25, 0.3) is 0 Å². The highest BCUT2D eigenvalue weighted by atomic mass is 32.2. The summed E-state index contributed by atoms with van der Waals surface area (Å²) in [6.07, 6.45) is 4.46. The monoisotopic (exact) mass is 236 g/mol. The third-order valence-corrected chi connectivity index (χ3v) is 2.76. The minimum Gasteiger partial charge on any atom is -0.317 e. The van der Waals surface area contributed by atoms with E-state index in [0.717, 1.165) is 25.4 Å². The summed E-state index contributed by atoms with van der Waals surface area (Å²) in [5, 5.41) is 3.29. The normalized spacial score (nSPS) is 12.3. The van der Waals surface area contributed by atoms with Crippen molar-refractivity contribution in [3.63, 3.8) is 0 Å². The summed E-state index contributed by atoms with van der Waals surface area (Å²) in [6.45, 7) is 6.86. The molecule has 0 aliphatic carbocycles. The highest BCUT2D eigenvalue weighted by molar-refractivity contribution is 7.88. The minimum absolute atomic E-state index is 0.524. The molecule has 0 aliphatic heterocycles. The first-order chi connectivity index (χ1) is 6.92. The average Bonchev–Trinajstić information content (AvgIpc) is 2.07. The van der Waals surface area contributed by atoms with Crippen molar-refractivity contribution >= 4 is 10.0 Å². The van der Waals surface area contributed by atoms with Crippen LogP contribution in [0.3, 0.4) is 0 Å². The Morgan fingerprint density at radius 2 is 1.67 bits per heavy atom. The van der Waals surface area contributed by atoms with Gasteiger partial charge in [-0.2, -0.15) is 0 Å². The van der Waals surface area contributed by atoms with Crippen molar-refractivity contribution in [1.82, 2.24) is 10.0 Å². The van der Waals surface area contributed by atoms with Crippen LogP contribution in [0.25, 0.3) is 0 Å². The van der Waals surface area contributed by atoms with Gasteiger partial charge < -0.3 is 5.32 Å². The molecule has 92 valence electrons. The number of nitrogens with one attached hydrogen (secondary N) is 2. The van der Waals surface area contributed by atoms with Crippen LogP contribution < -0.4 is 10.0 Å². The van der Waals surface area contributed by atoms with E-state index in [1.807, 2.05) is 0 Å². The third-order valence-electron chi connectivity index (χ3n) is 2.03. The van der Waals surface area contributed by atoms with Gasteiger partial charge in [-0.1, -0.05) is 13.8 Å². The lowest BCUT2D eigenvalue weighted by Crippen LogP contribution is -2.26. The van der Waals surface area contributed by atoms with Crippen molar-refractivity contribution in [3.05, 3.63) is 0 Å². The third kappa shape index (κ3) is 13.9. The van der Waals surface area contributed by atoms with Gasteiger partial charge in [-0.3, -0.25) is 0 Å². The molecule has 0 fully saturated rings. The van der Waals surface area contributed by atoms with Crippen LogP contribution in [0, 0.1) is 5.92 Å². The summed E-state index contributed by atoms with van der Waals surface area (Å²) >= 11 is 0. The molecule has 0 saturated carbocycles. The van der Waals surface area contributed by atoms with E-state index in [1.54, 1.807) is 0 Å². The Hall–Kier alpha value is -0.130. The second kappa shape index (κ2) is 8.07. The van der Waals surface area contributed by atoms with Crippen molar-refractivity contribution in [1.29, 1.82) is 0 Å². The Morgan fingerprint density at radius 3 is 2.20 bits per heavy atom. The van der Waals surface area contributed by atoms with Crippen LogP contribution >= 0.6 is 0 Å². The van der Waals surface area contributed by atoms with E-state index in [0.29, 0.717) is 6.54 Å². The largest absolute Gasteiger partial charge is 0.317 e. The van der Waals surface area contributed by atoms with Crippen LogP contribution in [-0.2, 0) is 10.0 Å². The average molecular weight is 236 g/mol. The summed E-state index contributed by atoms with van der Waals surface area (Å²) < 4.78 is 23.9. The smallest absolute Gasteiger partial charge is 0.208 e. The molecule has 0 atom stereocenters. The van der Waals surface area contributed by atoms with Crippen LogP contribution in [0.4, 0.5) is 0 Å². The lowest BCUT2D eigenvalue weighted by molar-refractivity contribution is 0.522. The lowest BCUT2D eigenvalue weighted by atomic mass is 10.1. The maximum Gasteiger partial charge on any atom is 0.208 e. The Balaban J connectivity index is 3.12. The molecule has 0 aromatic rings. The van der Waals surface area contributed by atoms with E-state index >= 15 is 0 Å². The molecule has 0 aliphatic rings. The quantitative estimate of drug-likeness (QED) is 0.586. The van der Waals surface area contributed by atoms with Crippen LogP contribution in [0.1, 0.15) is 33.1 Å². The Kier molecular flexibility index (Phi) is 8.00. The predicted octanol–water partition coefficient (Wildman–Crippen LogP) is 0.952. The first kappa shape index (κ1) is 14.9. The van der Waals surface area contributed by atoms with Crippen molar-refractivity contribution in [2.75, 3.05) is 25.9 Å². The molecule has 0 radical (unpaired) electrons. The molecule has 2 N–H and O–H groups in total. The molecule has 0 spiro atoms. The number of rotatable bonds is 9. The molecule has 4 nitrogen and oxygen atoms in total. The molecule has 0 saturated heterocycles. The zero-order valence-corrected chi connectivity index (χ0v) is 10.9. The minimum atomic E-state index is -3.01. The second-order valence-corrected chi connectivity index (χ2v) is 6.14. The highest BCUT2D eigenvalue weighted by Gasteiger charge is 1.98. The van der Waals surface area contributed by atoms with Crippen molar-refractivity contribution in [2.24, 2.45) is 5.92 Å². The van der Waals surface area contributed by atoms with E-state index in [9.17, 15) is 8.42 Å². The topological polar surface area (TPSA) is 58.2 Å². The predicted molar refractivity (Wildman–Crippen MR) is 64.4 cm³/mol. The van der Waals surface area contributed by atoms with Gasteiger partial charge in [-0.15, -0.1) is 0 Å². The molecule has 5 heteroatoms. The van der Waals surface area contributed by atoms with Gasteiger partial charge in [0.05, 0.1) is 6.26 Å². The summed E-state index contributed by atoms with van der Waals surface area (Å²) in [4.78, 5) is 0. The Morgan fingerprint density at radius 1 is 1.07 bits per heavy atom. The maximum atomic E-state index is 10.7. The van der Waals surface area contributed by atoms with E-state index in [1.165, 1.54) is 19.1 Å². The SMILES string of the molecule is CC(C)CCCNCCCNS(C)(=O)=O. The van der Waals surface area contributed by atoms with Crippen LogP contribution in [0.2, 0.25) is 0 Å². The molecule has 0 unspecified atom stereocenters. The van der Waals surface area contributed by atoms with E-state index in [2.05, 4.69) is 23.9 Å². The standard InChI is InChI=1S/C10H24N2O2S/c1-10(2)6-4-7-11-8-5-9-12-15(3,13)14/h10-12H,4-9H2,1-3H3. The van der Waals surface area contributed by atoms with Crippen molar-refractivity contribution < 1.29 is 8.42 Å². The number of hydrogen-bond acceptors (Lipinski definition) is 3. The second-order valence-electron chi connectivity index (χ2n) is 4.31. The van der Waals surface area contributed by atoms with E-state index in [-0.39, 0.29) is 0 Å². The van der Waals surface area contributed by atoms with Gasteiger partial charge in [-0.25, -0.2) is 13.1 Å². The van der Waals surface area contributed by atoms with Gasteiger partial charge in [-0.05, 0) is 38.3 Å². The number of sulfonamides is 1. The highest BCUT2D eigenvalue weighted by Crippen LogP contribution is 2.01. The first-order valence-electron chi connectivity index (χ1n) is 5.57. The van der Waals surface area contributed by atoms with Crippen LogP contribution in [0.15, 0.2) is 0 Å². The fourth-order valence-electron chi connectivity index (χ4n) is 1.23. The molecule has 0 aromatic carbocycles. The van der Waals surface area contributed by atoms with Crippen molar-refractivity contribution in [3.8, 4) is 0 Å². The molecule has 0 aromatic heterocycles. The van der Waals surface area contributed by atoms with Crippen molar-refractivity contribution in [2.45, 2.75) is 33.1 Å². The summed E-state index contributed by atoms with van der Waals surface area (Å²) in [5.74, 6) is 0.763. The molecular weight excluding hydrogens is 212 g/mol. The zero-order valence-electron chi connectivity index (χ0n) is 10.0. The Bertz CT molecular complexity index is 238. The molecule has 0 amide bonds. The molecule has 0 rings (SSSR count). The fraction of sp³-hybridized carbons (Fsp3) is 1.00. The molecular formula is C10H24N2O2S. The fourth-order valence-corrected chi connectivity index (χ4v) is 1.75. The zero-order chi connectivity index (χ0) is 11.7. The maximum absolute atomic E-state index is 10.7. The summed E-state index contributed by atoms with van der Waals surface area (Å²) in [5.41, 5.74) is 0. The van der Waals surface area contributed by atoms with Crippen LogP contribution in [0.5, 0.6) is 0 Å². The van der Waals surface area contributed by atoms with Gasteiger partial charge in [0.2, 0.25) is 10.0 Å². The molecule has 15 heavy (non-hydrogen) atoms. The van der Waals surface area contributed by atoms with Crippen LogP contribution in [-0.4, -0.2) is 34.3 Å². The summed E-state index contributed by atoms with van der Waals surface area (Å²) in [6, 6.07) is 0.